The molecule has 6 nitrogen and oxygen atoms in total. The van der Waals surface area contributed by atoms with Crippen molar-refractivity contribution in [2.45, 2.75) is 20.4 Å². The highest BCUT2D eigenvalue weighted by Gasteiger charge is 2.20. The molecular weight excluding hydrogens is 278 g/mol. The summed E-state index contributed by atoms with van der Waals surface area (Å²) in [5, 5.41) is 17.2. The van der Waals surface area contributed by atoms with E-state index in [-0.39, 0.29) is 11.4 Å². The molecule has 1 aromatic heterocycles. The van der Waals surface area contributed by atoms with E-state index in [1.165, 1.54) is 0 Å². The number of nitro benzene ring substituents is 1. The molecule has 0 saturated heterocycles. The van der Waals surface area contributed by atoms with Crippen LogP contribution in [0.1, 0.15) is 17.6 Å². The van der Waals surface area contributed by atoms with Gasteiger partial charge in [0.25, 0.3) is 0 Å². The van der Waals surface area contributed by atoms with E-state index in [9.17, 15) is 10.1 Å². The van der Waals surface area contributed by atoms with Crippen LogP contribution in [0.4, 0.5) is 11.4 Å². The van der Waals surface area contributed by atoms with Crippen molar-refractivity contribution in [3.63, 3.8) is 0 Å². The number of nitrogens with zero attached hydrogens (tertiary/aromatic N) is 2. The van der Waals surface area contributed by atoms with Crippen LogP contribution in [0.3, 0.4) is 0 Å². The largest absolute Gasteiger partial charge is 0.487 e. The number of aryl methyl sites for hydroxylation is 1. The van der Waals surface area contributed by atoms with Gasteiger partial charge in [-0.2, -0.15) is 0 Å². The first kappa shape index (κ1) is 14.3. The molecule has 0 amide bonds. The number of hydrogen-bond donors (Lipinski definition) is 1. The molecule has 2 aromatic rings. The highest BCUT2D eigenvalue weighted by Crippen LogP contribution is 2.34. The lowest BCUT2D eigenvalue weighted by Gasteiger charge is -2.09. The molecule has 0 radical (unpaired) electrons. The van der Waals surface area contributed by atoms with Gasteiger partial charge in [0.2, 0.25) is 0 Å². The summed E-state index contributed by atoms with van der Waals surface area (Å²) in [5.74, 6) is 0.275. The third-order valence-corrected chi connectivity index (χ3v) is 3.43. The molecule has 0 fully saturated rings. The second kappa shape index (κ2) is 6.33. The van der Waals surface area contributed by atoms with Gasteiger partial charge in [-0.1, -0.05) is 6.07 Å². The predicted molar refractivity (Wildman–Crippen MR) is 78.4 cm³/mol. The zero-order chi connectivity index (χ0) is 14.5. The lowest BCUT2D eigenvalue weighted by Crippen LogP contribution is -2.05. The minimum absolute atomic E-state index is 0.0405. The molecule has 0 aliphatic heterocycles. The van der Waals surface area contributed by atoms with Gasteiger partial charge in [0.1, 0.15) is 5.69 Å². The fourth-order valence-electron chi connectivity index (χ4n) is 1.80. The quantitative estimate of drug-likeness (QED) is 0.652. The smallest absolute Gasteiger partial charge is 0.333 e. The number of nitro groups is 1. The molecule has 1 aromatic carbocycles. The van der Waals surface area contributed by atoms with Crippen LogP contribution in [0.2, 0.25) is 0 Å². The summed E-state index contributed by atoms with van der Waals surface area (Å²) in [5.41, 5.74) is 1.26. The lowest BCUT2D eigenvalue weighted by molar-refractivity contribution is -0.384. The summed E-state index contributed by atoms with van der Waals surface area (Å²) >= 11 is 1.55. The average molecular weight is 293 g/mol. The number of nitrogens with one attached hydrogen (secondary N) is 1. The predicted octanol–water partition coefficient (Wildman–Crippen LogP) is 3.37. The summed E-state index contributed by atoms with van der Waals surface area (Å²) in [7, 11) is 0. The van der Waals surface area contributed by atoms with E-state index in [1.807, 2.05) is 12.3 Å². The van der Waals surface area contributed by atoms with Gasteiger partial charge in [-0.05, 0) is 26.0 Å². The van der Waals surface area contributed by atoms with Crippen molar-refractivity contribution >= 4 is 22.7 Å². The van der Waals surface area contributed by atoms with Crippen molar-refractivity contribution in [2.75, 3.05) is 11.9 Å². The van der Waals surface area contributed by atoms with Crippen molar-refractivity contribution in [1.82, 2.24) is 4.98 Å². The van der Waals surface area contributed by atoms with Gasteiger partial charge < -0.3 is 10.1 Å². The molecule has 0 atom stereocenters. The zero-order valence-electron chi connectivity index (χ0n) is 11.3. The maximum absolute atomic E-state index is 11.2. The first-order valence-corrected chi connectivity index (χ1v) is 7.05. The number of rotatable bonds is 6. The van der Waals surface area contributed by atoms with Crippen molar-refractivity contribution in [1.29, 1.82) is 0 Å². The Bertz CT molecular complexity index is 613. The van der Waals surface area contributed by atoms with E-state index in [1.54, 1.807) is 36.5 Å². The highest BCUT2D eigenvalue weighted by molar-refractivity contribution is 7.09. The number of ether oxygens (including phenoxy) is 1. The molecule has 0 spiro atoms. The SMILES string of the molecule is CCOc1cccc(NCc2csc(C)n2)c1[N+](=O)[O-]. The van der Waals surface area contributed by atoms with Crippen LogP contribution in [-0.2, 0) is 6.54 Å². The van der Waals surface area contributed by atoms with Gasteiger partial charge in [-0.3, -0.25) is 10.1 Å². The minimum Gasteiger partial charge on any atom is -0.487 e. The Morgan fingerprint density at radius 2 is 2.30 bits per heavy atom. The Balaban J connectivity index is 2.22. The van der Waals surface area contributed by atoms with E-state index in [0.29, 0.717) is 18.8 Å². The standard InChI is InChI=1S/C13H15N3O3S/c1-3-19-12-6-4-5-11(13(12)16(17)18)14-7-10-8-20-9(2)15-10/h4-6,8,14H,3,7H2,1-2H3. The summed E-state index contributed by atoms with van der Waals surface area (Å²) in [6.07, 6.45) is 0. The molecule has 2 rings (SSSR count). The second-order valence-electron chi connectivity index (χ2n) is 4.05. The first-order chi connectivity index (χ1) is 9.61. The van der Waals surface area contributed by atoms with Crippen molar-refractivity contribution in [2.24, 2.45) is 0 Å². The first-order valence-electron chi connectivity index (χ1n) is 6.17. The number of benzene rings is 1. The van der Waals surface area contributed by atoms with Crippen molar-refractivity contribution in [3.8, 4) is 5.75 Å². The molecule has 1 heterocycles. The molecule has 7 heteroatoms. The topological polar surface area (TPSA) is 77.3 Å². The van der Waals surface area contributed by atoms with Crippen LogP contribution in [0.15, 0.2) is 23.6 Å². The summed E-state index contributed by atoms with van der Waals surface area (Å²) < 4.78 is 5.30. The number of aromatic nitrogens is 1. The normalized spacial score (nSPS) is 10.3. The van der Waals surface area contributed by atoms with Crippen LogP contribution >= 0.6 is 11.3 Å². The molecule has 1 N–H and O–H groups in total. The maximum atomic E-state index is 11.2. The Morgan fingerprint density at radius 3 is 2.90 bits per heavy atom. The van der Waals surface area contributed by atoms with Crippen molar-refractivity contribution < 1.29 is 9.66 Å². The van der Waals surface area contributed by atoms with E-state index in [0.717, 1.165) is 10.7 Å². The van der Waals surface area contributed by atoms with E-state index in [2.05, 4.69) is 10.3 Å². The zero-order valence-corrected chi connectivity index (χ0v) is 12.1. The van der Waals surface area contributed by atoms with Gasteiger partial charge in [0.15, 0.2) is 5.75 Å². The Morgan fingerprint density at radius 1 is 1.50 bits per heavy atom. The molecule has 20 heavy (non-hydrogen) atoms. The molecule has 0 saturated carbocycles. The maximum Gasteiger partial charge on any atom is 0.333 e. The van der Waals surface area contributed by atoms with Crippen molar-refractivity contribution in [3.05, 3.63) is 44.4 Å². The number of hydrogen-bond acceptors (Lipinski definition) is 6. The third-order valence-electron chi connectivity index (χ3n) is 2.61. The molecular formula is C13H15N3O3S. The molecule has 0 aliphatic rings. The van der Waals surface area contributed by atoms with Crippen LogP contribution in [-0.4, -0.2) is 16.5 Å². The summed E-state index contributed by atoms with van der Waals surface area (Å²) in [6.45, 7) is 4.55. The lowest BCUT2D eigenvalue weighted by atomic mass is 10.2. The monoisotopic (exact) mass is 293 g/mol. The average Bonchev–Trinajstić information content (AvgIpc) is 2.82. The highest BCUT2D eigenvalue weighted by atomic mass is 32.1. The number of anilines is 1. The van der Waals surface area contributed by atoms with E-state index >= 15 is 0 Å². The fraction of sp³-hybridized carbons (Fsp3) is 0.308. The van der Waals surface area contributed by atoms with Crippen LogP contribution < -0.4 is 10.1 Å². The van der Waals surface area contributed by atoms with Crippen LogP contribution in [0.25, 0.3) is 0 Å². The van der Waals surface area contributed by atoms with E-state index < -0.39 is 4.92 Å². The molecule has 0 unspecified atom stereocenters. The van der Waals surface area contributed by atoms with Gasteiger partial charge >= 0.3 is 5.69 Å². The Kier molecular flexibility index (Phi) is 4.52. The second-order valence-corrected chi connectivity index (χ2v) is 5.12. The molecule has 0 bridgehead atoms. The Hall–Kier alpha value is -2.15. The van der Waals surface area contributed by atoms with Crippen LogP contribution in [0.5, 0.6) is 5.75 Å². The van der Waals surface area contributed by atoms with Gasteiger partial charge in [0, 0.05) is 5.38 Å². The Labute approximate surface area is 120 Å². The number of para-hydroxylation sites is 1. The minimum atomic E-state index is -0.431. The summed E-state index contributed by atoms with van der Waals surface area (Å²) in [6, 6.07) is 4.99. The molecule has 106 valence electrons. The van der Waals surface area contributed by atoms with E-state index in [4.69, 9.17) is 4.74 Å². The van der Waals surface area contributed by atoms with Gasteiger partial charge in [-0.15, -0.1) is 11.3 Å². The van der Waals surface area contributed by atoms with Crippen LogP contribution in [0, 0.1) is 17.0 Å². The molecule has 0 aliphatic carbocycles. The third kappa shape index (κ3) is 3.24. The fourth-order valence-corrected chi connectivity index (χ4v) is 2.41. The van der Waals surface area contributed by atoms with Gasteiger partial charge in [0.05, 0.1) is 28.8 Å². The van der Waals surface area contributed by atoms with Gasteiger partial charge in [-0.25, -0.2) is 4.98 Å². The number of thiazole rings is 1. The summed E-state index contributed by atoms with van der Waals surface area (Å²) in [4.78, 5) is 15.1.